The van der Waals surface area contributed by atoms with Crippen LogP contribution in [-0.2, 0) is 16.6 Å². The summed E-state index contributed by atoms with van der Waals surface area (Å²) < 4.78 is 6.82. The summed E-state index contributed by atoms with van der Waals surface area (Å²) in [6, 6.07) is 1.67. The van der Waals surface area contributed by atoms with Gasteiger partial charge in [-0.1, -0.05) is 19.3 Å². The van der Waals surface area contributed by atoms with Crippen LogP contribution in [0.3, 0.4) is 0 Å². The third-order valence-corrected chi connectivity index (χ3v) is 4.62. The van der Waals surface area contributed by atoms with Crippen LogP contribution in [0.15, 0.2) is 6.07 Å². The predicted octanol–water partition coefficient (Wildman–Crippen LogP) is 1.41. The van der Waals surface area contributed by atoms with E-state index in [1.54, 1.807) is 22.7 Å². The maximum absolute atomic E-state index is 12.4. The van der Waals surface area contributed by atoms with E-state index >= 15 is 0 Å². The maximum atomic E-state index is 12.4. The molecule has 2 fully saturated rings. The minimum Gasteiger partial charge on any atom is -0.378 e. The first-order chi connectivity index (χ1) is 11.1. The van der Waals surface area contributed by atoms with Gasteiger partial charge in [0.25, 0.3) is 5.91 Å². The van der Waals surface area contributed by atoms with E-state index in [1.807, 2.05) is 0 Å². The Morgan fingerprint density at radius 3 is 2.61 bits per heavy atom. The number of ether oxygens (including phenoxy) is 1. The second kappa shape index (κ2) is 7.12. The summed E-state index contributed by atoms with van der Waals surface area (Å²) in [4.78, 5) is 26.5. The number of aryl methyl sites for hydroxylation is 1. The smallest absolute Gasteiger partial charge is 0.274 e. The Balaban J connectivity index is 1.65. The van der Waals surface area contributed by atoms with E-state index in [2.05, 4.69) is 10.4 Å². The lowest BCUT2D eigenvalue weighted by Gasteiger charge is -2.25. The molecule has 2 amide bonds. The molecule has 1 saturated heterocycles. The van der Waals surface area contributed by atoms with Gasteiger partial charge in [-0.2, -0.15) is 5.10 Å². The number of hydrogen-bond donors (Lipinski definition) is 1. The van der Waals surface area contributed by atoms with Crippen molar-refractivity contribution in [3.8, 4) is 0 Å². The van der Waals surface area contributed by atoms with E-state index in [1.165, 1.54) is 6.42 Å². The first-order valence-electron chi connectivity index (χ1n) is 8.37. The van der Waals surface area contributed by atoms with Crippen LogP contribution >= 0.6 is 0 Å². The van der Waals surface area contributed by atoms with E-state index in [0.717, 1.165) is 25.7 Å². The molecule has 0 unspecified atom stereocenters. The van der Waals surface area contributed by atoms with Crippen LogP contribution in [0.1, 0.15) is 42.6 Å². The van der Waals surface area contributed by atoms with Crippen molar-refractivity contribution >= 4 is 17.6 Å². The van der Waals surface area contributed by atoms with Crippen molar-refractivity contribution in [1.29, 1.82) is 0 Å². The number of nitrogens with one attached hydrogen (secondary N) is 1. The molecule has 0 atom stereocenters. The number of carbonyl (C=O) groups is 2. The third kappa shape index (κ3) is 3.72. The number of morpholine rings is 1. The van der Waals surface area contributed by atoms with E-state index < -0.39 is 0 Å². The first kappa shape index (κ1) is 16.0. The average Bonchev–Trinajstić information content (AvgIpc) is 2.96. The fourth-order valence-electron chi connectivity index (χ4n) is 3.21. The SMILES string of the molecule is Cn1nc(C(=O)N2CCOCC2)cc1NC(=O)C1CCCCC1. The Hall–Kier alpha value is -1.89. The van der Waals surface area contributed by atoms with Crippen molar-refractivity contribution in [3.63, 3.8) is 0 Å². The van der Waals surface area contributed by atoms with Gasteiger partial charge in [-0.25, -0.2) is 0 Å². The molecular formula is C16H24N4O3. The molecule has 1 aliphatic carbocycles. The van der Waals surface area contributed by atoms with Crippen LogP contribution in [0.5, 0.6) is 0 Å². The number of amides is 2. The van der Waals surface area contributed by atoms with Gasteiger partial charge in [0, 0.05) is 32.1 Å². The molecule has 2 aliphatic rings. The summed E-state index contributed by atoms with van der Waals surface area (Å²) in [7, 11) is 1.74. The van der Waals surface area contributed by atoms with Gasteiger partial charge in [0.05, 0.1) is 13.2 Å². The van der Waals surface area contributed by atoms with Crippen molar-refractivity contribution in [2.75, 3.05) is 31.6 Å². The Bertz CT molecular complexity index is 572. The minimum atomic E-state index is -0.109. The molecule has 1 aromatic rings. The highest BCUT2D eigenvalue weighted by Gasteiger charge is 2.24. The quantitative estimate of drug-likeness (QED) is 0.913. The molecule has 1 aromatic heterocycles. The Morgan fingerprint density at radius 1 is 1.22 bits per heavy atom. The molecule has 1 saturated carbocycles. The van der Waals surface area contributed by atoms with E-state index in [4.69, 9.17) is 4.74 Å². The molecule has 0 bridgehead atoms. The van der Waals surface area contributed by atoms with Crippen LogP contribution in [0, 0.1) is 5.92 Å². The number of nitrogens with zero attached hydrogens (tertiary/aromatic N) is 3. The van der Waals surface area contributed by atoms with Crippen molar-refractivity contribution in [1.82, 2.24) is 14.7 Å². The van der Waals surface area contributed by atoms with Crippen molar-refractivity contribution in [2.45, 2.75) is 32.1 Å². The highest BCUT2D eigenvalue weighted by molar-refractivity contribution is 5.96. The van der Waals surface area contributed by atoms with Gasteiger partial charge >= 0.3 is 0 Å². The Morgan fingerprint density at radius 2 is 1.91 bits per heavy atom. The number of carbonyl (C=O) groups excluding carboxylic acids is 2. The van der Waals surface area contributed by atoms with Gasteiger partial charge in [-0.3, -0.25) is 14.3 Å². The second-order valence-electron chi connectivity index (χ2n) is 6.27. The number of rotatable bonds is 3. The minimum absolute atomic E-state index is 0.0399. The lowest BCUT2D eigenvalue weighted by Crippen LogP contribution is -2.40. The Kier molecular flexibility index (Phi) is 4.95. The fraction of sp³-hybridized carbons (Fsp3) is 0.688. The summed E-state index contributed by atoms with van der Waals surface area (Å²) in [6.45, 7) is 2.28. The molecule has 23 heavy (non-hydrogen) atoms. The summed E-state index contributed by atoms with van der Waals surface area (Å²) in [5.74, 6) is 0.592. The maximum Gasteiger partial charge on any atom is 0.274 e. The summed E-state index contributed by atoms with van der Waals surface area (Å²) in [6.07, 6.45) is 5.34. The highest BCUT2D eigenvalue weighted by atomic mass is 16.5. The lowest BCUT2D eigenvalue weighted by molar-refractivity contribution is -0.120. The van der Waals surface area contributed by atoms with Gasteiger partial charge in [0.15, 0.2) is 5.69 Å². The molecule has 1 N–H and O–H groups in total. The molecule has 126 valence electrons. The second-order valence-corrected chi connectivity index (χ2v) is 6.27. The highest BCUT2D eigenvalue weighted by Crippen LogP contribution is 2.25. The van der Waals surface area contributed by atoms with Crippen LogP contribution in [-0.4, -0.2) is 52.8 Å². The zero-order valence-electron chi connectivity index (χ0n) is 13.6. The molecule has 1 aliphatic heterocycles. The number of hydrogen-bond acceptors (Lipinski definition) is 4. The largest absolute Gasteiger partial charge is 0.378 e. The van der Waals surface area contributed by atoms with Crippen LogP contribution in [0.25, 0.3) is 0 Å². The standard InChI is InChI=1S/C16H24N4O3/c1-19-14(17-15(21)12-5-3-2-4-6-12)11-13(18-19)16(22)20-7-9-23-10-8-20/h11-12H,2-10H2,1H3,(H,17,21). The fourth-order valence-corrected chi connectivity index (χ4v) is 3.21. The van der Waals surface area contributed by atoms with Crippen molar-refractivity contribution in [3.05, 3.63) is 11.8 Å². The van der Waals surface area contributed by atoms with Gasteiger partial charge in [-0.05, 0) is 12.8 Å². The number of aromatic nitrogens is 2. The summed E-state index contributed by atoms with van der Waals surface area (Å²) in [5, 5.41) is 7.18. The molecule has 7 heteroatoms. The molecule has 2 heterocycles. The van der Waals surface area contributed by atoms with Gasteiger partial charge in [0.1, 0.15) is 5.82 Å². The van der Waals surface area contributed by atoms with E-state index in [0.29, 0.717) is 37.8 Å². The van der Waals surface area contributed by atoms with Crippen LogP contribution in [0.4, 0.5) is 5.82 Å². The van der Waals surface area contributed by atoms with Crippen molar-refractivity contribution < 1.29 is 14.3 Å². The van der Waals surface area contributed by atoms with Gasteiger partial charge in [0.2, 0.25) is 5.91 Å². The molecule has 0 spiro atoms. The topological polar surface area (TPSA) is 76.5 Å². The molecule has 3 rings (SSSR count). The Labute approximate surface area is 136 Å². The van der Waals surface area contributed by atoms with Gasteiger partial charge in [-0.15, -0.1) is 0 Å². The first-order valence-corrected chi connectivity index (χ1v) is 8.37. The number of anilines is 1. The average molecular weight is 320 g/mol. The van der Waals surface area contributed by atoms with Crippen LogP contribution in [0.2, 0.25) is 0 Å². The lowest BCUT2D eigenvalue weighted by atomic mass is 9.89. The molecule has 7 nitrogen and oxygen atoms in total. The molecular weight excluding hydrogens is 296 g/mol. The molecule has 0 aromatic carbocycles. The monoisotopic (exact) mass is 320 g/mol. The van der Waals surface area contributed by atoms with Crippen molar-refractivity contribution in [2.24, 2.45) is 13.0 Å². The third-order valence-electron chi connectivity index (χ3n) is 4.62. The summed E-state index contributed by atoms with van der Waals surface area (Å²) >= 11 is 0. The predicted molar refractivity (Wildman–Crippen MR) is 85.1 cm³/mol. The van der Waals surface area contributed by atoms with E-state index in [-0.39, 0.29) is 17.7 Å². The van der Waals surface area contributed by atoms with E-state index in [9.17, 15) is 9.59 Å². The zero-order valence-corrected chi connectivity index (χ0v) is 13.6. The van der Waals surface area contributed by atoms with Gasteiger partial charge < -0.3 is 15.0 Å². The normalized spacial score (nSPS) is 19.6. The zero-order chi connectivity index (χ0) is 16.2. The summed E-state index contributed by atoms with van der Waals surface area (Å²) in [5.41, 5.74) is 0.369. The van der Waals surface area contributed by atoms with Crippen LogP contribution < -0.4 is 5.32 Å². The molecule has 0 radical (unpaired) electrons.